The third-order valence-corrected chi connectivity index (χ3v) is 4.15. The van der Waals surface area contributed by atoms with E-state index in [1.165, 1.54) is 5.56 Å². The first kappa shape index (κ1) is 15.8. The minimum Gasteiger partial charge on any atom is -0.495 e. The van der Waals surface area contributed by atoms with Gasteiger partial charge in [0.15, 0.2) is 0 Å². The number of halogens is 2. The molecule has 1 heterocycles. The Morgan fingerprint density at radius 3 is 2.39 bits per heavy atom. The van der Waals surface area contributed by atoms with Crippen LogP contribution in [-0.2, 0) is 12.8 Å². The zero-order valence-corrected chi connectivity index (χ0v) is 14.0. The highest BCUT2D eigenvalue weighted by atomic mass is 35.5. The molecule has 118 valence electrons. The Morgan fingerprint density at radius 2 is 1.70 bits per heavy atom. The Balaban J connectivity index is 1.88. The van der Waals surface area contributed by atoms with Crippen molar-refractivity contribution in [2.24, 2.45) is 0 Å². The minimum absolute atomic E-state index is 0.427. The highest BCUT2D eigenvalue weighted by molar-refractivity contribution is 6.32. The van der Waals surface area contributed by atoms with Crippen LogP contribution in [0.15, 0.2) is 36.4 Å². The Morgan fingerprint density at radius 1 is 1.00 bits per heavy atom. The molecule has 0 bridgehead atoms. The van der Waals surface area contributed by atoms with Crippen LogP contribution in [0.2, 0.25) is 10.0 Å². The van der Waals surface area contributed by atoms with Gasteiger partial charge < -0.3 is 10.5 Å². The largest absolute Gasteiger partial charge is 0.495 e. The number of hydrogen-bond acceptors (Lipinski definition) is 4. The van der Waals surface area contributed by atoms with Gasteiger partial charge in [0.2, 0.25) is 0 Å². The molecule has 0 aliphatic heterocycles. The molecule has 3 rings (SSSR count). The number of nitrogen functional groups attached to an aromatic ring is 1. The topological polar surface area (TPSA) is 61.0 Å². The van der Waals surface area contributed by atoms with E-state index in [1.54, 1.807) is 19.2 Å². The first-order valence-corrected chi connectivity index (χ1v) is 7.86. The Bertz CT molecular complexity index is 851. The van der Waals surface area contributed by atoms with Crippen LogP contribution in [0.25, 0.3) is 11.0 Å². The molecule has 0 unspecified atom stereocenters. The van der Waals surface area contributed by atoms with Gasteiger partial charge in [-0.25, -0.2) is 9.97 Å². The lowest BCUT2D eigenvalue weighted by atomic mass is 10.1. The summed E-state index contributed by atoms with van der Waals surface area (Å²) in [5.41, 5.74) is 9.33. The maximum absolute atomic E-state index is 6.15. The molecule has 0 atom stereocenters. The quantitative estimate of drug-likeness (QED) is 0.763. The van der Waals surface area contributed by atoms with E-state index in [4.69, 9.17) is 33.7 Å². The molecule has 0 aliphatic carbocycles. The zero-order valence-electron chi connectivity index (χ0n) is 12.5. The van der Waals surface area contributed by atoms with Gasteiger partial charge >= 0.3 is 0 Å². The van der Waals surface area contributed by atoms with E-state index in [2.05, 4.69) is 9.97 Å². The molecule has 4 nitrogen and oxygen atoms in total. The second-order valence-electron chi connectivity index (χ2n) is 5.16. The highest BCUT2D eigenvalue weighted by Crippen LogP contribution is 2.29. The van der Waals surface area contributed by atoms with Crippen LogP contribution in [-0.4, -0.2) is 17.1 Å². The summed E-state index contributed by atoms with van der Waals surface area (Å²) in [7, 11) is 1.56. The number of methoxy groups -OCH3 is 1. The molecule has 2 aromatic carbocycles. The van der Waals surface area contributed by atoms with Crippen molar-refractivity contribution in [3.05, 3.63) is 57.7 Å². The smallest absolute Gasteiger partial charge is 0.145 e. The summed E-state index contributed by atoms with van der Waals surface area (Å²) < 4.78 is 5.19. The van der Waals surface area contributed by atoms with E-state index in [0.29, 0.717) is 34.0 Å². The van der Waals surface area contributed by atoms with E-state index >= 15 is 0 Å². The predicted molar refractivity (Wildman–Crippen MR) is 94.4 cm³/mol. The van der Waals surface area contributed by atoms with Crippen LogP contribution >= 0.6 is 23.2 Å². The molecular weight excluding hydrogens is 333 g/mol. The second kappa shape index (κ2) is 6.60. The number of anilines is 1. The normalized spacial score (nSPS) is 10.9. The van der Waals surface area contributed by atoms with Gasteiger partial charge in [-0.15, -0.1) is 0 Å². The second-order valence-corrected chi connectivity index (χ2v) is 6.00. The molecule has 6 heteroatoms. The van der Waals surface area contributed by atoms with Crippen LogP contribution in [0.4, 0.5) is 5.82 Å². The molecule has 0 spiro atoms. The van der Waals surface area contributed by atoms with Gasteiger partial charge in [0, 0.05) is 11.1 Å². The third-order valence-electron chi connectivity index (χ3n) is 3.60. The summed E-state index contributed by atoms with van der Waals surface area (Å²) in [6.45, 7) is 0. The highest BCUT2D eigenvalue weighted by Gasteiger charge is 2.10. The molecule has 3 aromatic rings. The maximum Gasteiger partial charge on any atom is 0.145 e. The summed E-state index contributed by atoms with van der Waals surface area (Å²) in [5.74, 6) is 0.984. The lowest BCUT2D eigenvalue weighted by molar-refractivity contribution is 0.415. The van der Waals surface area contributed by atoms with E-state index in [-0.39, 0.29) is 0 Å². The fourth-order valence-corrected chi connectivity index (χ4v) is 2.72. The molecule has 0 fully saturated rings. The van der Waals surface area contributed by atoms with Crippen molar-refractivity contribution >= 4 is 40.1 Å². The molecule has 0 saturated heterocycles. The van der Waals surface area contributed by atoms with Crippen LogP contribution in [0.1, 0.15) is 11.3 Å². The van der Waals surface area contributed by atoms with Crippen LogP contribution in [0.5, 0.6) is 5.75 Å². The van der Waals surface area contributed by atoms with Gasteiger partial charge in [-0.2, -0.15) is 0 Å². The van der Waals surface area contributed by atoms with Gasteiger partial charge in [-0.3, -0.25) is 0 Å². The molecule has 1 aromatic heterocycles. The van der Waals surface area contributed by atoms with Gasteiger partial charge in [0.1, 0.15) is 11.6 Å². The number of aryl methyl sites for hydroxylation is 2. The van der Waals surface area contributed by atoms with E-state index in [9.17, 15) is 0 Å². The van der Waals surface area contributed by atoms with Crippen molar-refractivity contribution in [3.63, 3.8) is 0 Å². The summed E-state index contributed by atoms with van der Waals surface area (Å²) in [6.07, 6.45) is 1.51. The molecule has 0 saturated carbocycles. The van der Waals surface area contributed by atoms with E-state index in [1.807, 2.05) is 24.3 Å². The summed E-state index contributed by atoms with van der Waals surface area (Å²) in [4.78, 5) is 9.00. The molecular formula is C17H15Cl2N3O. The monoisotopic (exact) mass is 347 g/mol. The number of nitrogens with two attached hydrogens (primary N) is 1. The number of benzene rings is 2. The number of nitrogens with zero attached hydrogens (tertiary/aromatic N) is 2. The van der Waals surface area contributed by atoms with Crippen molar-refractivity contribution in [2.45, 2.75) is 12.8 Å². The summed E-state index contributed by atoms with van der Waals surface area (Å²) >= 11 is 12.0. The fraction of sp³-hybridized carbons (Fsp3) is 0.176. The van der Waals surface area contributed by atoms with Crippen molar-refractivity contribution in [1.29, 1.82) is 0 Å². The number of hydrogen-bond donors (Lipinski definition) is 1. The molecule has 0 amide bonds. The Kier molecular flexibility index (Phi) is 4.55. The predicted octanol–water partition coefficient (Wildman–Crippen LogP) is 4.31. The average molecular weight is 348 g/mol. The molecule has 23 heavy (non-hydrogen) atoms. The van der Waals surface area contributed by atoms with Crippen LogP contribution in [0.3, 0.4) is 0 Å². The Hall–Kier alpha value is -2.04. The fourth-order valence-electron chi connectivity index (χ4n) is 2.36. The zero-order chi connectivity index (χ0) is 16.4. The Labute approximate surface area is 144 Å². The van der Waals surface area contributed by atoms with Gasteiger partial charge in [-0.1, -0.05) is 35.3 Å². The lowest BCUT2D eigenvalue weighted by Crippen LogP contribution is -2.04. The standard InChI is InChI=1S/C17H15Cl2N3O/c1-23-16-9-15-14(8-12(16)19)21-13(17(20)22-15)7-4-10-2-5-11(18)6-3-10/h2-3,5-6,8-9H,4,7H2,1H3,(H2,20,22). The van der Waals surface area contributed by atoms with Gasteiger partial charge in [0.05, 0.1) is 28.9 Å². The first-order chi connectivity index (χ1) is 11.1. The SMILES string of the molecule is COc1cc2nc(N)c(CCc3ccc(Cl)cc3)nc2cc1Cl. The molecule has 2 N–H and O–H groups in total. The minimum atomic E-state index is 0.427. The van der Waals surface area contributed by atoms with Crippen molar-refractivity contribution in [3.8, 4) is 5.75 Å². The van der Waals surface area contributed by atoms with Gasteiger partial charge in [0.25, 0.3) is 0 Å². The van der Waals surface area contributed by atoms with E-state index < -0.39 is 0 Å². The van der Waals surface area contributed by atoms with Crippen molar-refractivity contribution in [1.82, 2.24) is 9.97 Å². The molecule has 0 radical (unpaired) electrons. The van der Waals surface area contributed by atoms with E-state index in [0.717, 1.165) is 17.1 Å². The van der Waals surface area contributed by atoms with Crippen molar-refractivity contribution in [2.75, 3.05) is 12.8 Å². The summed E-state index contributed by atoms with van der Waals surface area (Å²) in [5, 5.41) is 1.23. The number of fused-ring (bicyclic) bond motifs is 1. The van der Waals surface area contributed by atoms with Gasteiger partial charge in [-0.05, 0) is 36.6 Å². The first-order valence-electron chi connectivity index (χ1n) is 7.11. The maximum atomic E-state index is 6.15. The van der Waals surface area contributed by atoms with Crippen LogP contribution < -0.4 is 10.5 Å². The molecule has 0 aliphatic rings. The third kappa shape index (κ3) is 3.49. The van der Waals surface area contributed by atoms with Crippen molar-refractivity contribution < 1.29 is 4.74 Å². The number of rotatable bonds is 4. The lowest BCUT2D eigenvalue weighted by Gasteiger charge is -2.09. The summed E-state index contributed by atoms with van der Waals surface area (Å²) in [6, 6.07) is 11.2. The number of ether oxygens (including phenoxy) is 1. The average Bonchev–Trinajstić information content (AvgIpc) is 2.54. The number of aromatic nitrogens is 2. The van der Waals surface area contributed by atoms with Crippen LogP contribution in [0, 0.1) is 0 Å².